The molecule has 0 rings (SSSR count). The molecule has 0 bridgehead atoms. The van der Waals surface area contributed by atoms with E-state index in [0.717, 1.165) is 12.8 Å². The van der Waals surface area contributed by atoms with E-state index in [1.54, 1.807) is 0 Å². The molecule has 0 radical (unpaired) electrons. The van der Waals surface area contributed by atoms with E-state index < -0.39 is 0 Å². The number of carbonyl (C=O) groups excluding carboxylic acids is 1. The van der Waals surface area contributed by atoms with E-state index in [1.807, 2.05) is 7.05 Å². The number of carbonyl (C=O) groups is 1. The highest BCUT2D eigenvalue weighted by Crippen LogP contribution is 2.01. The second-order valence-corrected chi connectivity index (χ2v) is 2.70. The molecule has 0 aliphatic rings. The van der Waals surface area contributed by atoms with Crippen LogP contribution in [0.1, 0.15) is 19.3 Å². The molecule has 1 unspecified atom stereocenters. The van der Waals surface area contributed by atoms with Gasteiger partial charge in [0.1, 0.15) is 0 Å². The van der Waals surface area contributed by atoms with Gasteiger partial charge in [0, 0.05) is 6.04 Å². The van der Waals surface area contributed by atoms with Gasteiger partial charge in [0.2, 0.25) is 0 Å². The van der Waals surface area contributed by atoms with E-state index in [2.05, 4.69) is 10.1 Å². The first-order valence-electron chi connectivity index (χ1n) is 4.18. The van der Waals surface area contributed by atoms with Crippen LogP contribution in [-0.4, -0.2) is 32.7 Å². The van der Waals surface area contributed by atoms with Crippen LogP contribution in [-0.2, 0) is 9.53 Å². The summed E-state index contributed by atoms with van der Waals surface area (Å²) < 4.78 is 4.55. The van der Waals surface area contributed by atoms with Crippen LogP contribution in [0, 0.1) is 0 Å². The molecule has 12 heavy (non-hydrogen) atoms. The smallest absolute Gasteiger partial charge is 0.307 e. The zero-order chi connectivity index (χ0) is 9.40. The minimum Gasteiger partial charge on any atom is -0.469 e. The fourth-order valence-electron chi connectivity index (χ4n) is 0.997. The van der Waals surface area contributed by atoms with Crippen LogP contribution in [0.15, 0.2) is 0 Å². The summed E-state index contributed by atoms with van der Waals surface area (Å²) in [7, 11) is 3.24. The molecular weight excluding hydrogens is 156 g/mol. The lowest BCUT2D eigenvalue weighted by Gasteiger charge is -2.13. The van der Waals surface area contributed by atoms with Crippen molar-refractivity contribution in [2.45, 2.75) is 25.3 Å². The number of ether oxygens (including phenoxy) is 1. The van der Waals surface area contributed by atoms with Crippen LogP contribution in [0.25, 0.3) is 0 Å². The van der Waals surface area contributed by atoms with Crippen molar-refractivity contribution in [2.75, 3.05) is 20.7 Å². The number of nitrogens with two attached hydrogens (primary N) is 1. The first-order chi connectivity index (χ1) is 5.74. The number of hydrogen-bond acceptors (Lipinski definition) is 4. The van der Waals surface area contributed by atoms with E-state index in [4.69, 9.17) is 5.73 Å². The van der Waals surface area contributed by atoms with Gasteiger partial charge in [-0.15, -0.1) is 0 Å². The molecule has 0 amide bonds. The molecule has 72 valence electrons. The molecule has 0 heterocycles. The minimum absolute atomic E-state index is 0.175. The molecule has 0 aromatic carbocycles. The Kier molecular flexibility index (Phi) is 6.70. The van der Waals surface area contributed by atoms with E-state index >= 15 is 0 Å². The maximum absolute atomic E-state index is 10.9. The lowest BCUT2D eigenvalue weighted by Crippen LogP contribution is -2.29. The van der Waals surface area contributed by atoms with Gasteiger partial charge in [0.05, 0.1) is 13.5 Å². The second kappa shape index (κ2) is 7.06. The Bertz CT molecular complexity index is 128. The zero-order valence-electron chi connectivity index (χ0n) is 7.80. The summed E-state index contributed by atoms with van der Waals surface area (Å²) >= 11 is 0. The monoisotopic (exact) mass is 174 g/mol. The van der Waals surface area contributed by atoms with Crippen LogP contribution in [0.5, 0.6) is 0 Å². The van der Waals surface area contributed by atoms with Crippen molar-refractivity contribution in [1.82, 2.24) is 5.32 Å². The van der Waals surface area contributed by atoms with Crippen LogP contribution in [0.2, 0.25) is 0 Å². The van der Waals surface area contributed by atoms with Gasteiger partial charge in [-0.1, -0.05) is 0 Å². The third kappa shape index (κ3) is 5.09. The number of methoxy groups -OCH3 is 1. The minimum atomic E-state index is -0.175. The predicted octanol–water partition coefficient (Wildman–Crippen LogP) is -0.124. The summed E-state index contributed by atoms with van der Waals surface area (Å²) in [6.07, 6.45) is 2.28. The molecule has 4 heteroatoms. The van der Waals surface area contributed by atoms with Crippen LogP contribution in [0.3, 0.4) is 0 Å². The molecule has 0 aromatic rings. The van der Waals surface area contributed by atoms with Gasteiger partial charge < -0.3 is 15.8 Å². The molecule has 1 atom stereocenters. The summed E-state index contributed by atoms with van der Waals surface area (Å²) in [5.74, 6) is -0.175. The number of esters is 1. The number of nitrogens with one attached hydrogen (secondary N) is 1. The maximum atomic E-state index is 10.9. The summed E-state index contributed by atoms with van der Waals surface area (Å²) in [4.78, 5) is 10.9. The molecule has 3 N–H and O–H groups in total. The predicted molar refractivity (Wildman–Crippen MR) is 47.8 cm³/mol. The summed E-state index contributed by atoms with van der Waals surface area (Å²) in [5.41, 5.74) is 5.35. The standard InChI is InChI=1S/C8H18N2O2/c1-10-7(4-3-5-9)6-8(11)12-2/h7,10H,3-6,9H2,1-2H3. The quantitative estimate of drug-likeness (QED) is 0.551. The van der Waals surface area contributed by atoms with Gasteiger partial charge in [-0.2, -0.15) is 0 Å². The van der Waals surface area contributed by atoms with Crippen molar-refractivity contribution < 1.29 is 9.53 Å². The Morgan fingerprint density at radius 2 is 2.33 bits per heavy atom. The van der Waals surface area contributed by atoms with Crippen molar-refractivity contribution in [3.63, 3.8) is 0 Å². The average molecular weight is 174 g/mol. The normalized spacial score (nSPS) is 12.6. The highest BCUT2D eigenvalue weighted by Gasteiger charge is 2.10. The highest BCUT2D eigenvalue weighted by atomic mass is 16.5. The van der Waals surface area contributed by atoms with Crippen molar-refractivity contribution in [3.8, 4) is 0 Å². The Balaban J connectivity index is 3.59. The molecule has 4 nitrogen and oxygen atoms in total. The summed E-state index contributed by atoms with van der Waals surface area (Å²) in [6, 6.07) is 0.195. The number of rotatable bonds is 6. The summed E-state index contributed by atoms with van der Waals surface area (Å²) in [6.45, 7) is 0.666. The van der Waals surface area contributed by atoms with Gasteiger partial charge in [-0.3, -0.25) is 4.79 Å². The van der Waals surface area contributed by atoms with Crippen LogP contribution < -0.4 is 11.1 Å². The molecule has 0 spiro atoms. The third-order valence-electron chi connectivity index (χ3n) is 1.81. The zero-order valence-corrected chi connectivity index (χ0v) is 7.80. The molecule has 0 fully saturated rings. The molecule has 0 saturated heterocycles. The lowest BCUT2D eigenvalue weighted by atomic mass is 10.1. The Hall–Kier alpha value is -0.610. The Labute approximate surface area is 73.5 Å². The molecule has 0 saturated carbocycles. The molecule has 0 aliphatic carbocycles. The fraction of sp³-hybridized carbons (Fsp3) is 0.875. The summed E-state index contributed by atoms with van der Waals surface area (Å²) in [5, 5.41) is 3.05. The fourth-order valence-corrected chi connectivity index (χ4v) is 0.997. The molecular formula is C8H18N2O2. The Morgan fingerprint density at radius 1 is 1.67 bits per heavy atom. The second-order valence-electron chi connectivity index (χ2n) is 2.70. The molecule has 0 aliphatic heterocycles. The number of hydrogen-bond donors (Lipinski definition) is 2. The lowest BCUT2D eigenvalue weighted by molar-refractivity contribution is -0.141. The average Bonchev–Trinajstić information content (AvgIpc) is 2.11. The topological polar surface area (TPSA) is 64.3 Å². The van der Waals surface area contributed by atoms with Gasteiger partial charge in [-0.25, -0.2) is 0 Å². The SMILES string of the molecule is CNC(CCCN)CC(=O)OC. The highest BCUT2D eigenvalue weighted by molar-refractivity contribution is 5.69. The van der Waals surface area contributed by atoms with Crippen molar-refractivity contribution in [2.24, 2.45) is 5.73 Å². The van der Waals surface area contributed by atoms with Crippen molar-refractivity contribution >= 4 is 5.97 Å². The van der Waals surface area contributed by atoms with E-state index in [1.165, 1.54) is 7.11 Å². The van der Waals surface area contributed by atoms with E-state index in [0.29, 0.717) is 13.0 Å². The van der Waals surface area contributed by atoms with E-state index in [-0.39, 0.29) is 12.0 Å². The third-order valence-corrected chi connectivity index (χ3v) is 1.81. The van der Waals surface area contributed by atoms with Crippen LogP contribution in [0.4, 0.5) is 0 Å². The first kappa shape index (κ1) is 11.4. The van der Waals surface area contributed by atoms with Gasteiger partial charge in [0.15, 0.2) is 0 Å². The van der Waals surface area contributed by atoms with Crippen molar-refractivity contribution in [3.05, 3.63) is 0 Å². The largest absolute Gasteiger partial charge is 0.469 e. The maximum Gasteiger partial charge on any atom is 0.307 e. The van der Waals surface area contributed by atoms with Gasteiger partial charge >= 0.3 is 5.97 Å². The van der Waals surface area contributed by atoms with Gasteiger partial charge in [0.25, 0.3) is 0 Å². The van der Waals surface area contributed by atoms with Crippen LogP contribution >= 0.6 is 0 Å². The first-order valence-corrected chi connectivity index (χ1v) is 4.18. The van der Waals surface area contributed by atoms with Gasteiger partial charge in [-0.05, 0) is 26.4 Å². The van der Waals surface area contributed by atoms with Crippen molar-refractivity contribution in [1.29, 1.82) is 0 Å². The Morgan fingerprint density at radius 3 is 2.75 bits per heavy atom. The van der Waals surface area contributed by atoms with E-state index in [9.17, 15) is 4.79 Å². The molecule has 0 aromatic heterocycles.